The van der Waals surface area contributed by atoms with Crippen molar-refractivity contribution in [2.45, 2.75) is 24.9 Å². The van der Waals surface area contributed by atoms with Gasteiger partial charge in [-0.25, -0.2) is 0 Å². The number of aldehydes is 1. The maximum atomic E-state index is 10.7. The highest BCUT2D eigenvalue weighted by molar-refractivity contribution is 5.64. The molecule has 1 aromatic carbocycles. The Balaban J connectivity index is 2.41. The summed E-state index contributed by atoms with van der Waals surface area (Å²) in [6.07, 6.45) is 1.85. The van der Waals surface area contributed by atoms with Crippen molar-refractivity contribution in [2.24, 2.45) is 0 Å². The number of aromatic hydroxyl groups is 1. The molecular weight excluding hydrogens is 180 g/mol. The molecule has 74 valence electrons. The van der Waals surface area contributed by atoms with Crippen LogP contribution in [-0.4, -0.2) is 22.1 Å². The lowest BCUT2D eigenvalue weighted by Gasteiger charge is -2.28. The monoisotopic (exact) mass is 192 g/mol. The molecule has 1 unspecified atom stereocenters. The molecule has 1 aliphatic carbocycles. The van der Waals surface area contributed by atoms with E-state index in [0.717, 1.165) is 11.1 Å². The maximum Gasteiger partial charge on any atom is 0.151 e. The van der Waals surface area contributed by atoms with E-state index in [4.69, 9.17) is 0 Å². The number of benzene rings is 1. The summed E-state index contributed by atoms with van der Waals surface area (Å²) in [5.41, 5.74) is 0.491. The Labute approximate surface area is 82.0 Å². The first-order valence-corrected chi connectivity index (χ1v) is 4.63. The Hall–Kier alpha value is -1.35. The fraction of sp³-hybridized carbons (Fsp3) is 0.364. The fourth-order valence-corrected chi connectivity index (χ4v) is 1.94. The first-order chi connectivity index (χ1) is 6.64. The summed E-state index contributed by atoms with van der Waals surface area (Å²) in [5, 5.41) is 19.3. The minimum Gasteiger partial charge on any atom is -0.508 e. The highest BCUT2D eigenvalue weighted by atomic mass is 16.3. The summed E-state index contributed by atoms with van der Waals surface area (Å²) >= 11 is 0. The first-order valence-electron chi connectivity index (χ1n) is 4.63. The molecule has 1 aromatic rings. The maximum absolute atomic E-state index is 10.7. The van der Waals surface area contributed by atoms with Crippen molar-refractivity contribution in [1.29, 1.82) is 0 Å². The molecule has 0 saturated carbocycles. The van der Waals surface area contributed by atoms with Crippen molar-refractivity contribution in [3.05, 3.63) is 29.3 Å². The lowest BCUT2D eigenvalue weighted by molar-refractivity contribution is -0.125. The number of phenols is 1. The molecule has 1 atom stereocenters. The van der Waals surface area contributed by atoms with Crippen LogP contribution in [0.4, 0.5) is 0 Å². The van der Waals surface area contributed by atoms with Crippen molar-refractivity contribution < 1.29 is 15.0 Å². The highest BCUT2D eigenvalue weighted by Gasteiger charge is 2.32. The molecule has 0 amide bonds. The molecule has 0 saturated heterocycles. The number of phenolic OH excluding ortho intramolecular Hbond substituents is 1. The molecule has 0 spiro atoms. The first kappa shape index (κ1) is 9.21. The predicted molar refractivity (Wildman–Crippen MR) is 51.1 cm³/mol. The van der Waals surface area contributed by atoms with E-state index in [2.05, 4.69) is 0 Å². The Kier molecular flexibility index (Phi) is 2.04. The van der Waals surface area contributed by atoms with Gasteiger partial charge in [-0.15, -0.1) is 0 Å². The van der Waals surface area contributed by atoms with Gasteiger partial charge in [-0.3, -0.25) is 0 Å². The molecule has 0 radical (unpaired) electrons. The number of aliphatic hydroxyl groups is 1. The van der Waals surface area contributed by atoms with Crippen LogP contribution in [0.15, 0.2) is 18.2 Å². The standard InChI is InChI=1S/C11H12O3/c12-7-11(14)5-4-9-8(6-11)2-1-3-10(9)13/h1-3,7,13-14H,4-6H2. The highest BCUT2D eigenvalue weighted by Crippen LogP contribution is 2.32. The van der Waals surface area contributed by atoms with Gasteiger partial charge in [-0.2, -0.15) is 0 Å². The van der Waals surface area contributed by atoms with Crippen LogP contribution in [0.1, 0.15) is 17.5 Å². The van der Waals surface area contributed by atoms with E-state index in [0.29, 0.717) is 25.5 Å². The molecule has 0 bridgehead atoms. The van der Waals surface area contributed by atoms with Crippen molar-refractivity contribution in [3.8, 4) is 5.75 Å². The summed E-state index contributed by atoms with van der Waals surface area (Å²) in [7, 11) is 0. The van der Waals surface area contributed by atoms with E-state index in [-0.39, 0.29) is 5.75 Å². The zero-order valence-electron chi connectivity index (χ0n) is 7.73. The van der Waals surface area contributed by atoms with Gasteiger partial charge < -0.3 is 15.0 Å². The number of carbonyl (C=O) groups excluding carboxylic acids is 1. The second kappa shape index (κ2) is 3.10. The van der Waals surface area contributed by atoms with Gasteiger partial charge in [0.1, 0.15) is 11.4 Å². The summed E-state index contributed by atoms with van der Waals surface area (Å²) in [6.45, 7) is 0. The van der Waals surface area contributed by atoms with Crippen molar-refractivity contribution in [2.75, 3.05) is 0 Å². The third kappa shape index (κ3) is 1.40. The van der Waals surface area contributed by atoms with E-state index in [1.54, 1.807) is 12.1 Å². The summed E-state index contributed by atoms with van der Waals surface area (Å²) < 4.78 is 0. The van der Waals surface area contributed by atoms with Crippen LogP contribution in [0.2, 0.25) is 0 Å². The van der Waals surface area contributed by atoms with Crippen molar-refractivity contribution in [1.82, 2.24) is 0 Å². The van der Waals surface area contributed by atoms with E-state index < -0.39 is 5.60 Å². The Morgan fingerprint density at radius 3 is 2.93 bits per heavy atom. The fourth-order valence-electron chi connectivity index (χ4n) is 1.94. The molecule has 1 aliphatic rings. The second-order valence-electron chi connectivity index (χ2n) is 3.81. The van der Waals surface area contributed by atoms with Crippen LogP contribution in [0.3, 0.4) is 0 Å². The number of fused-ring (bicyclic) bond motifs is 1. The third-order valence-electron chi connectivity index (χ3n) is 2.77. The minimum absolute atomic E-state index is 0.260. The van der Waals surface area contributed by atoms with E-state index in [1.165, 1.54) is 0 Å². The average Bonchev–Trinajstić information content (AvgIpc) is 2.18. The van der Waals surface area contributed by atoms with Gasteiger partial charge in [-0.1, -0.05) is 12.1 Å². The summed E-state index contributed by atoms with van der Waals surface area (Å²) in [6, 6.07) is 5.19. The van der Waals surface area contributed by atoms with Crippen LogP contribution in [0.5, 0.6) is 5.75 Å². The van der Waals surface area contributed by atoms with Gasteiger partial charge in [-0.05, 0) is 30.0 Å². The van der Waals surface area contributed by atoms with Crippen LogP contribution >= 0.6 is 0 Å². The number of hydrogen-bond acceptors (Lipinski definition) is 3. The van der Waals surface area contributed by atoms with Crippen molar-refractivity contribution >= 4 is 6.29 Å². The Morgan fingerprint density at radius 2 is 2.21 bits per heavy atom. The van der Waals surface area contributed by atoms with Gasteiger partial charge in [0.15, 0.2) is 6.29 Å². The van der Waals surface area contributed by atoms with Gasteiger partial charge in [0.25, 0.3) is 0 Å². The molecule has 14 heavy (non-hydrogen) atoms. The SMILES string of the molecule is O=CC1(O)CCc2c(O)cccc2C1. The lowest BCUT2D eigenvalue weighted by Crippen LogP contribution is -2.37. The summed E-state index contributed by atoms with van der Waals surface area (Å²) in [5.74, 6) is 0.260. The van der Waals surface area contributed by atoms with Gasteiger partial charge >= 0.3 is 0 Å². The molecule has 3 nitrogen and oxygen atoms in total. The van der Waals surface area contributed by atoms with Crippen LogP contribution in [-0.2, 0) is 17.6 Å². The van der Waals surface area contributed by atoms with Crippen LogP contribution in [0, 0.1) is 0 Å². The Bertz CT molecular complexity index is 373. The smallest absolute Gasteiger partial charge is 0.151 e. The normalized spacial score (nSPS) is 25.5. The quantitative estimate of drug-likeness (QED) is 0.647. The lowest BCUT2D eigenvalue weighted by atomic mass is 9.81. The zero-order chi connectivity index (χ0) is 10.2. The molecular formula is C11H12O3. The number of carbonyl (C=O) groups is 1. The van der Waals surface area contributed by atoms with Gasteiger partial charge in [0, 0.05) is 6.42 Å². The number of rotatable bonds is 1. The van der Waals surface area contributed by atoms with Gasteiger partial charge in [0.05, 0.1) is 0 Å². The molecule has 0 aliphatic heterocycles. The third-order valence-corrected chi connectivity index (χ3v) is 2.77. The second-order valence-corrected chi connectivity index (χ2v) is 3.81. The largest absolute Gasteiger partial charge is 0.508 e. The average molecular weight is 192 g/mol. The van der Waals surface area contributed by atoms with E-state index >= 15 is 0 Å². The predicted octanol–water partition coefficient (Wildman–Crippen LogP) is 0.811. The minimum atomic E-state index is -1.24. The van der Waals surface area contributed by atoms with E-state index in [1.807, 2.05) is 6.07 Å². The Morgan fingerprint density at radius 1 is 1.43 bits per heavy atom. The molecule has 3 heteroatoms. The zero-order valence-corrected chi connectivity index (χ0v) is 7.73. The summed E-state index contributed by atoms with van der Waals surface area (Å²) in [4.78, 5) is 10.7. The molecule has 0 fully saturated rings. The molecule has 2 rings (SSSR count). The molecule has 2 N–H and O–H groups in total. The van der Waals surface area contributed by atoms with Crippen LogP contribution in [0.25, 0.3) is 0 Å². The topological polar surface area (TPSA) is 57.5 Å². The van der Waals surface area contributed by atoms with Gasteiger partial charge in [0.2, 0.25) is 0 Å². The van der Waals surface area contributed by atoms with Crippen LogP contribution < -0.4 is 0 Å². The molecule has 0 heterocycles. The van der Waals surface area contributed by atoms with E-state index in [9.17, 15) is 15.0 Å². The van der Waals surface area contributed by atoms with Crippen molar-refractivity contribution in [3.63, 3.8) is 0 Å². The molecule has 0 aromatic heterocycles. The number of hydrogen-bond donors (Lipinski definition) is 2.